The average molecular weight is 262 g/mol. The summed E-state index contributed by atoms with van der Waals surface area (Å²) in [6.45, 7) is 2.77. The maximum Gasteiger partial charge on any atom is 0.326 e. The number of carbonyl (C=O) groups is 1. The standard InChI is InChI=1S/C13H14N2O2S/c1-8-6-7-15(11(8)12(16)17)13-14-9-4-2-3-5-10(9)18-13/h2-5,8,11H,6-7H2,1H3,(H,16,17). The van der Waals surface area contributed by atoms with E-state index in [9.17, 15) is 9.90 Å². The predicted octanol–water partition coefficient (Wildman–Crippen LogP) is 2.60. The van der Waals surface area contributed by atoms with Crippen LogP contribution in [-0.2, 0) is 4.79 Å². The molecule has 94 valence electrons. The fourth-order valence-corrected chi connectivity index (χ4v) is 3.55. The molecule has 4 nitrogen and oxygen atoms in total. The average Bonchev–Trinajstić information content (AvgIpc) is 2.91. The molecule has 0 aliphatic carbocycles. The second-order valence-electron chi connectivity index (χ2n) is 4.71. The SMILES string of the molecule is CC1CCN(c2nc3ccccc3s2)C1C(=O)O. The van der Waals surface area contributed by atoms with Gasteiger partial charge in [0.15, 0.2) is 5.13 Å². The lowest BCUT2D eigenvalue weighted by Gasteiger charge is -2.22. The first-order valence-corrected chi connectivity index (χ1v) is 6.83. The van der Waals surface area contributed by atoms with E-state index in [1.807, 2.05) is 36.1 Å². The van der Waals surface area contributed by atoms with Crippen molar-refractivity contribution in [2.75, 3.05) is 11.4 Å². The molecule has 1 aliphatic rings. The number of aliphatic carboxylic acids is 1. The van der Waals surface area contributed by atoms with Gasteiger partial charge >= 0.3 is 5.97 Å². The number of benzene rings is 1. The molecule has 1 aromatic carbocycles. The van der Waals surface area contributed by atoms with Crippen LogP contribution in [0.25, 0.3) is 10.2 Å². The van der Waals surface area contributed by atoms with Gasteiger partial charge < -0.3 is 10.0 Å². The molecule has 3 rings (SSSR count). The van der Waals surface area contributed by atoms with Crippen LogP contribution in [0.4, 0.5) is 5.13 Å². The zero-order valence-corrected chi connectivity index (χ0v) is 10.9. The maximum atomic E-state index is 11.3. The number of hydrogen-bond donors (Lipinski definition) is 1. The van der Waals surface area contributed by atoms with Gasteiger partial charge in [-0.15, -0.1) is 0 Å². The summed E-state index contributed by atoms with van der Waals surface area (Å²) >= 11 is 1.57. The molecule has 0 amide bonds. The number of carboxylic acids is 1. The van der Waals surface area contributed by atoms with Gasteiger partial charge in [-0.05, 0) is 24.5 Å². The highest BCUT2D eigenvalue weighted by Crippen LogP contribution is 2.35. The van der Waals surface area contributed by atoms with Crippen molar-refractivity contribution in [2.45, 2.75) is 19.4 Å². The van der Waals surface area contributed by atoms with Gasteiger partial charge in [0.2, 0.25) is 0 Å². The number of anilines is 1. The van der Waals surface area contributed by atoms with Crippen LogP contribution in [0.5, 0.6) is 0 Å². The van der Waals surface area contributed by atoms with E-state index in [0.717, 1.165) is 28.3 Å². The predicted molar refractivity (Wildman–Crippen MR) is 72.2 cm³/mol. The van der Waals surface area contributed by atoms with Gasteiger partial charge in [0.25, 0.3) is 0 Å². The highest BCUT2D eigenvalue weighted by atomic mass is 32.1. The normalized spacial score (nSPS) is 23.7. The van der Waals surface area contributed by atoms with E-state index in [0.29, 0.717) is 0 Å². The molecular formula is C13H14N2O2S. The van der Waals surface area contributed by atoms with Gasteiger partial charge in [-0.3, -0.25) is 0 Å². The molecule has 0 radical (unpaired) electrons. The van der Waals surface area contributed by atoms with Gasteiger partial charge in [-0.1, -0.05) is 30.4 Å². The Hall–Kier alpha value is -1.62. The second kappa shape index (κ2) is 4.24. The summed E-state index contributed by atoms with van der Waals surface area (Å²) in [6, 6.07) is 7.47. The first-order chi connectivity index (χ1) is 8.66. The number of thiazole rings is 1. The van der Waals surface area contributed by atoms with Crippen LogP contribution in [0, 0.1) is 5.92 Å². The Kier molecular flexibility index (Phi) is 2.70. The molecule has 2 atom stereocenters. The number of para-hydroxylation sites is 1. The number of nitrogens with zero attached hydrogens (tertiary/aromatic N) is 2. The molecule has 1 aliphatic heterocycles. The minimum absolute atomic E-state index is 0.175. The van der Waals surface area contributed by atoms with E-state index >= 15 is 0 Å². The third-order valence-electron chi connectivity index (χ3n) is 3.48. The van der Waals surface area contributed by atoms with Crippen molar-refractivity contribution in [3.05, 3.63) is 24.3 Å². The van der Waals surface area contributed by atoms with Crippen LogP contribution in [0.3, 0.4) is 0 Å². The van der Waals surface area contributed by atoms with E-state index in [1.165, 1.54) is 0 Å². The molecule has 1 saturated heterocycles. The molecule has 0 saturated carbocycles. The summed E-state index contributed by atoms with van der Waals surface area (Å²) in [4.78, 5) is 17.8. The van der Waals surface area contributed by atoms with E-state index in [1.54, 1.807) is 11.3 Å². The molecule has 2 unspecified atom stereocenters. The van der Waals surface area contributed by atoms with Crippen LogP contribution < -0.4 is 4.90 Å². The van der Waals surface area contributed by atoms with E-state index in [-0.39, 0.29) is 5.92 Å². The second-order valence-corrected chi connectivity index (χ2v) is 5.72. The maximum absolute atomic E-state index is 11.3. The summed E-state index contributed by atoms with van der Waals surface area (Å²) in [6.07, 6.45) is 0.910. The Morgan fingerprint density at radius 2 is 2.28 bits per heavy atom. The zero-order valence-electron chi connectivity index (χ0n) is 10.0. The molecule has 1 fully saturated rings. The van der Waals surface area contributed by atoms with Crippen molar-refractivity contribution in [2.24, 2.45) is 5.92 Å². The molecule has 2 heterocycles. The largest absolute Gasteiger partial charge is 0.480 e. The molecule has 1 N–H and O–H groups in total. The molecule has 0 bridgehead atoms. The van der Waals surface area contributed by atoms with E-state index in [2.05, 4.69) is 4.98 Å². The van der Waals surface area contributed by atoms with Crippen molar-refractivity contribution in [3.63, 3.8) is 0 Å². The van der Waals surface area contributed by atoms with Gasteiger partial charge in [-0.2, -0.15) is 0 Å². The first kappa shape index (κ1) is 11.5. The molecule has 1 aromatic heterocycles. The number of fused-ring (bicyclic) bond motifs is 1. The Morgan fingerprint density at radius 1 is 1.50 bits per heavy atom. The van der Waals surface area contributed by atoms with Crippen molar-refractivity contribution >= 4 is 32.7 Å². The Bertz CT molecular complexity index is 562. The number of rotatable bonds is 2. The number of aromatic nitrogens is 1. The smallest absolute Gasteiger partial charge is 0.326 e. The number of hydrogen-bond acceptors (Lipinski definition) is 4. The minimum atomic E-state index is -0.751. The Morgan fingerprint density at radius 3 is 3.00 bits per heavy atom. The van der Waals surface area contributed by atoms with Crippen LogP contribution in [0.1, 0.15) is 13.3 Å². The van der Waals surface area contributed by atoms with Crippen LogP contribution in [0.2, 0.25) is 0 Å². The molecule has 18 heavy (non-hydrogen) atoms. The minimum Gasteiger partial charge on any atom is -0.480 e. The quantitative estimate of drug-likeness (QED) is 0.904. The van der Waals surface area contributed by atoms with Crippen molar-refractivity contribution in [3.8, 4) is 0 Å². The van der Waals surface area contributed by atoms with Gasteiger partial charge in [0, 0.05) is 6.54 Å². The van der Waals surface area contributed by atoms with Crippen molar-refractivity contribution in [1.29, 1.82) is 0 Å². The Labute approximate surface area is 109 Å². The third-order valence-corrected chi connectivity index (χ3v) is 4.55. The zero-order chi connectivity index (χ0) is 12.7. The Balaban J connectivity index is 2.01. The molecular weight excluding hydrogens is 248 g/mol. The van der Waals surface area contributed by atoms with Gasteiger partial charge in [-0.25, -0.2) is 9.78 Å². The third kappa shape index (κ3) is 1.75. The fourth-order valence-electron chi connectivity index (χ4n) is 2.52. The fraction of sp³-hybridized carbons (Fsp3) is 0.385. The monoisotopic (exact) mass is 262 g/mol. The molecule has 0 spiro atoms. The lowest BCUT2D eigenvalue weighted by molar-refractivity contribution is -0.139. The van der Waals surface area contributed by atoms with Crippen LogP contribution in [0.15, 0.2) is 24.3 Å². The lowest BCUT2D eigenvalue weighted by atomic mass is 10.0. The highest BCUT2D eigenvalue weighted by molar-refractivity contribution is 7.22. The summed E-state index contributed by atoms with van der Waals surface area (Å²) < 4.78 is 1.11. The van der Waals surface area contributed by atoms with E-state index in [4.69, 9.17) is 0 Å². The van der Waals surface area contributed by atoms with Gasteiger partial charge in [0.1, 0.15) is 6.04 Å². The molecule has 5 heteroatoms. The lowest BCUT2D eigenvalue weighted by Crippen LogP contribution is -2.38. The molecule has 2 aromatic rings. The van der Waals surface area contributed by atoms with Crippen LogP contribution >= 0.6 is 11.3 Å². The topological polar surface area (TPSA) is 53.4 Å². The number of carboxylic acid groups (broad SMARTS) is 1. The van der Waals surface area contributed by atoms with Crippen molar-refractivity contribution in [1.82, 2.24) is 4.98 Å². The summed E-state index contributed by atoms with van der Waals surface area (Å²) in [5.74, 6) is -0.575. The summed E-state index contributed by atoms with van der Waals surface area (Å²) in [5.41, 5.74) is 0.946. The van der Waals surface area contributed by atoms with Crippen LogP contribution in [-0.4, -0.2) is 28.6 Å². The summed E-state index contributed by atoms with van der Waals surface area (Å²) in [7, 11) is 0. The first-order valence-electron chi connectivity index (χ1n) is 6.02. The van der Waals surface area contributed by atoms with Gasteiger partial charge in [0.05, 0.1) is 10.2 Å². The summed E-state index contributed by atoms with van der Waals surface area (Å²) in [5, 5.41) is 10.2. The van der Waals surface area contributed by atoms with E-state index < -0.39 is 12.0 Å². The highest BCUT2D eigenvalue weighted by Gasteiger charge is 2.38. The van der Waals surface area contributed by atoms with Crippen molar-refractivity contribution < 1.29 is 9.90 Å².